The fraction of sp³-hybridized carbons (Fsp3) is 0.500. The Kier molecular flexibility index (Phi) is 3.04. The largest absolute Gasteiger partial charge is 0.396 e. The number of halogens is 2. The van der Waals surface area contributed by atoms with Crippen LogP contribution in [0.25, 0.3) is 0 Å². The number of rotatable bonds is 4. The Balaban J connectivity index is 1.68. The maximum atomic E-state index is 13.2. The third-order valence-electron chi connectivity index (χ3n) is 4.27. The van der Waals surface area contributed by atoms with Crippen molar-refractivity contribution in [1.82, 2.24) is 5.32 Å². The van der Waals surface area contributed by atoms with Crippen molar-refractivity contribution in [2.75, 3.05) is 12.3 Å². The zero-order valence-corrected chi connectivity index (χ0v) is 12.1. The third kappa shape index (κ3) is 2.48. The molecule has 2 fully saturated rings. The molecule has 3 nitrogen and oxygen atoms in total. The molecule has 1 aromatic rings. The van der Waals surface area contributed by atoms with E-state index in [0.29, 0.717) is 15.5 Å². The van der Waals surface area contributed by atoms with E-state index in [0.717, 1.165) is 12.5 Å². The average molecular weight is 327 g/mol. The van der Waals surface area contributed by atoms with E-state index in [2.05, 4.69) is 21.2 Å². The van der Waals surface area contributed by atoms with E-state index in [1.54, 1.807) is 0 Å². The van der Waals surface area contributed by atoms with Crippen LogP contribution in [0.2, 0.25) is 0 Å². The first-order valence-corrected chi connectivity index (χ1v) is 7.34. The summed E-state index contributed by atoms with van der Waals surface area (Å²) in [5.41, 5.74) is 6.25. The molecule has 0 atom stereocenters. The van der Waals surface area contributed by atoms with Gasteiger partial charge in [0.15, 0.2) is 0 Å². The molecule has 0 radical (unpaired) electrons. The van der Waals surface area contributed by atoms with E-state index in [-0.39, 0.29) is 11.6 Å². The minimum atomic E-state index is -0.514. The van der Waals surface area contributed by atoms with Crippen molar-refractivity contribution in [2.24, 2.45) is 11.3 Å². The summed E-state index contributed by atoms with van der Waals surface area (Å²) < 4.78 is 13.7. The van der Waals surface area contributed by atoms with Crippen molar-refractivity contribution >= 4 is 27.5 Å². The van der Waals surface area contributed by atoms with Crippen molar-refractivity contribution in [3.63, 3.8) is 0 Å². The van der Waals surface area contributed by atoms with E-state index in [1.165, 1.54) is 37.8 Å². The van der Waals surface area contributed by atoms with Gasteiger partial charge in [0, 0.05) is 11.0 Å². The Hall–Kier alpha value is -1.10. The number of benzene rings is 1. The Morgan fingerprint density at radius 2 is 2.16 bits per heavy atom. The van der Waals surface area contributed by atoms with Crippen LogP contribution in [-0.4, -0.2) is 12.5 Å². The molecule has 0 bridgehead atoms. The van der Waals surface area contributed by atoms with Crippen LogP contribution in [0.1, 0.15) is 36.0 Å². The second-order valence-electron chi connectivity index (χ2n) is 5.67. The summed E-state index contributed by atoms with van der Waals surface area (Å²) in [5, 5.41) is 2.96. The summed E-state index contributed by atoms with van der Waals surface area (Å²) >= 11 is 3.20. The lowest BCUT2D eigenvalue weighted by molar-refractivity contribution is 0.0942. The highest BCUT2D eigenvalue weighted by molar-refractivity contribution is 9.10. The summed E-state index contributed by atoms with van der Waals surface area (Å²) in [4.78, 5) is 12.1. The second-order valence-corrected chi connectivity index (χ2v) is 6.53. The zero-order valence-electron chi connectivity index (χ0n) is 10.5. The van der Waals surface area contributed by atoms with Crippen LogP contribution in [0, 0.1) is 17.2 Å². The van der Waals surface area contributed by atoms with E-state index >= 15 is 0 Å². The van der Waals surface area contributed by atoms with Gasteiger partial charge in [-0.15, -0.1) is 0 Å². The molecular weight excluding hydrogens is 311 g/mol. The highest BCUT2D eigenvalue weighted by Gasteiger charge is 2.53. The van der Waals surface area contributed by atoms with Crippen molar-refractivity contribution in [2.45, 2.75) is 25.7 Å². The first-order chi connectivity index (χ1) is 9.02. The van der Waals surface area contributed by atoms with Gasteiger partial charge in [0.1, 0.15) is 5.82 Å². The minimum absolute atomic E-state index is 0.00308. The van der Waals surface area contributed by atoms with Crippen LogP contribution < -0.4 is 11.1 Å². The summed E-state index contributed by atoms with van der Waals surface area (Å²) in [6, 6.07) is 2.61. The molecule has 0 spiro atoms. The summed E-state index contributed by atoms with van der Waals surface area (Å²) in [6.07, 6.45) is 5.02. The number of amides is 1. The third-order valence-corrected chi connectivity index (χ3v) is 4.92. The van der Waals surface area contributed by atoms with Crippen molar-refractivity contribution in [3.8, 4) is 0 Å². The van der Waals surface area contributed by atoms with Crippen LogP contribution in [-0.2, 0) is 0 Å². The van der Waals surface area contributed by atoms with Gasteiger partial charge in [-0.05, 0) is 65.1 Å². The van der Waals surface area contributed by atoms with Crippen LogP contribution >= 0.6 is 15.9 Å². The first kappa shape index (κ1) is 12.9. The number of hydrogen-bond acceptors (Lipinski definition) is 2. The maximum Gasteiger partial charge on any atom is 0.252 e. The summed E-state index contributed by atoms with van der Waals surface area (Å²) in [7, 11) is 0. The van der Waals surface area contributed by atoms with Crippen LogP contribution in [0.4, 0.5) is 10.1 Å². The molecule has 0 aromatic heterocycles. The molecule has 0 unspecified atom stereocenters. The van der Waals surface area contributed by atoms with Crippen molar-refractivity contribution in [3.05, 3.63) is 28.0 Å². The predicted octanol–water partition coefficient (Wildman–Crippen LogP) is 3.09. The van der Waals surface area contributed by atoms with Crippen LogP contribution in [0.3, 0.4) is 0 Å². The Morgan fingerprint density at radius 3 is 2.74 bits per heavy atom. The number of carbonyl (C=O) groups excluding carboxylic acids is 1. The number of nitrogen functional groups attached to an aromatic ring is 1. The monoisotopic (exact) mass is 326 g/mol. The molecule has 2 saturated carbocycles. The maximum absolute atomic E-state index is 13.2. The quantitative estimate of drug-likeness (QED) is 0.835. The Morgan fingerprint density at radius 1 is 1.47 bits per heavy atom. The van der Waals surface area contributed by atoms with Gasteiger partial charge in [0.25, 0.3) is 5.91 Å². The highest BCUT2D eigenvalue weighted by Crippen LogP contribution is 2.60. The number of hydrogen-bond donors (Lipinski definition) is 2. The molecule has 0 heterocycles. The molecule has 0 aliphatic heterocycles. The molecule has 1 amide bonds. The normalized spacial score (nSPS) is 20.1. The first-order valence-electron chi connectivity index (χ1n) is 6.54. The van der Waals surface area contributed by atoms with Gasteiger partial charge in [-0.2, -0.15) is 0 Å². The van der Waals surface area contributed by atoms with Gasteiger partial charge >= 0.3 is 0 Å². The molecule has 2 aliphatic carbocycles. The van der Waals surface area contributed by atoms with Gasteiger partial charge in [0.05, 0.1) is 11.3 Å². The topological polar surface area (TPSA) is 55.1 Å². The van der Waals surface area contributed by atoms with Gasteiger partial charge < -0.3 is 11.1 Å². The van der Waals surface area contributed by atoms with Gasteiger partial charge in [0.2, 0.25) is 0 Å². The molecule has 1 aromatic carbocycles. The number of nitrogens with two attached hydrogens (primary N) is 1. The molecular formula is C14H16BrFN2O. The molecule has 0 saturated heterocycles. The van der Waals surface area contributed by atoms with Gasteiger partial charge in [-0.3, -0.25) is 4.79 Å². The van der Waals surface area contributed by atoms with E-state index in [9.17, 15) is 9.18 Å². The lowest BCUT2D eigenvalue weighted by Gasteiger charge is -2.15. The smallest absolute Gasteiger partial charge is 0.252 e. The number of carbonyl (C=O) groups is 1. The molecule has 2 aliphatic rings. The lowest BCUT2D eigenvalue weighted by atomic mass is 10.0. The Bertz CT molecular complexity index is 538. The average Bonchev–Trinajstić information content (AvgIpc) is 3.23. The van der Waals surface area contributed by atoms with Crippen LogP contribution in [0.15, 0.2) is 16.6 Å². The SMILES string of the molecule is Nc1cc(C(=O)NCC2(C3CC3)CC2)c(Br)cc1F. The Labute approximate surface area is 119 Å². The lowest BCUT2D eigenvalue weighted by Crippen LogP contribution is -2.31. The van der Waals surface area contributed by atoms with E-state index < -0.39 is 5.82 Å². The molecule has 19 heavy (non-hydrogen) atoms. The molecule has 3 rings (SSSR count). The fourth-order valence-electron chi connectivity index (χ4n) is 2.68. The fourth-order valence-corrected chi connectivity index (χ4v) is 3.17. The second kappa shape index (κ2) is 4.47. The van der Waals surface area contributed by atoms with Gasteiger partial charge in [-0.1, -0.05) is 0 Å². The molecule has 5 heteroatoms. The number of anilines is 1. The van der Waals surface area contributed by atoms with Crippen molar-refractivity contribution in [1.29, 1.82) is 0 Å². The summed E-state index contributed by atoms with van der Waals surface area (Å²) in [5.74, 6) is 0.0973. The van der Waals surface area contributed by atoms with Gasteiger partial charge in [-0.25, -0.2) is 4.39 Å². The standard InChI is InChI=1S/C14H16BrFN2O/c15-10-6-11(16)12(17)5-9(10)13(19)18-7-14(3-4-14)8-1-2-8/h5-6,8H,1-4,7,17H2,(H,18,19). The van der Waals surface area contributed by atoms with E-state index in [4.69, 9.17) is 5.73 Å². The predicted molar refractivity (Wildman–Crippen MR) is 75.2 cm³/mol. The van der Waals surface area contributed by atoms with E-state index in [1.807, 2.05) is 0 Å². The zero-order chi connectivity index (χ0) is 13.6. The number of nitrogens with one attached hydrogen (secondary N) is 1. The van der Waals surface area contributed by atoms with Crippen molar-refractivity contribution < 1.29 is 9.18 Å². The minimum Gasteiger partial charge on any atom is -0.396 e. The molecule has 102 valence electrons. The van der Waals surface area contributed by atoms with Crippen LogP contribution in [0.5, 0.6) is 0 Å². The highest BCUT2D eigenvalue weighted by atomic mass is 79.9. The molecule has 3 N–H and O–H groups in total. The summed E-state index contributed by atoms with van der Waals surface area (Å²) in [6.45, 7) is 0.722.